The number of aromatic nitrogens is 1. The monoisotopic (exact) mass is 240 g/mol. The molecule has 0 amide bonds. The highest BCUT2D eigenvalue weighted by Crippen LogP contribution is 2.21. The minimum atomic E-state index is 0.804. The van der Waals surface area contributed by atoms with Crippen LogP contribution in [0.25, 0.3) is 0 Å². The Hall–Kier alpha value is -0.410. The third kappa shape index (κ3) is 2.29. The summed E-state index contributed by atoms with van der Waals surface area (Å²) in [6, 6.07) is 2.10. The molecule has 1 unspecified atom stereocenters. The van der Waals surface area contributed by atoms with Crippen LogP contribution in [0.5, 0.6) is 0 Å². The molecule has 0 aliphatic carbocycles. The standard InChI is InChI=1S/C10H13BrN2/c11-10-7-13-4-2-9(10)5-8-1-3-12-6-8/h2,4,7-8,12H,1,3,5-6H2. The number of rotatable bonds is 2. The van der Waals surface area contributed by atoms with Crippen molar-refractivity contribution in [2.75, 3.05) is 13.1 Å². The van der Waals surface area contributed by atoms with Crippen LogP contribution >= 0.6 is 15.9 Å². The van der Waals surface area contributed by atoms with E-state index in [0.717, 1.165) is 23.4 Å². The second-order valence-electron chi connectivity index (χ2n) is 3.53. The predicted octanol–water partition coefficient (Wildman–Crippen LogP) is 2.00. The van der Waals surface area contributed by atoms with Crippen molar-refractivity contribution in [3.63, 3.8) is 0 Å². The van der Waals surface area contributed by atoms with E-state index in [0.29, 0.717) is 0 Å². The van der Waals surface area contributed by atoms with Crippen molar-refractivity contribution < 1.29 is 0 Å². The molecule has 0 aromatic carbocycles. The number of hydrogen-bond donors (Lipinski definition) is 1. The Morgan fingerprint density at radius 2 is 2.54 bits per heavy atom. The highest BCUT2D eigenvalue weighted by Gasteiger charge is 2.15. The average Bonchev–Trinajstić information content (AvgIpc) is 2.61. The zero-order chi connectivity index (χ0) is 9.10. The number of nitrogens with zero attached hydrogens (tertiary/aromatic N) is 1. The van der Waals surface area contributed by atoms with Crippen molar-refractivity contribution in [3.8, 4) is 0 Å². The van der Waals surface area contributed by atoms with E-state index in [1.54, 1.807) is 0 Å². The van der Waals surface area contributed by atoms with Gasteiger partial charge in [0.05, 0.1) is 0 Å². The summed E-state index contributed by atoms with van der Waals surface area (Å²) in [6.07, 6.45) is 6.20. The lowest BCUT2D eigenvalue weighted by molar-refractivity contribution is 0.578. The van der Waals surface area contributed by atoms with Crippen molar-refractivity contribution in [3.05, 3.63) is 28.5 Å². The van der Waals surface area contributed by atoms with E-state index in [1.165, 1.54) is 18.5 Å². The fraction of sp³-hybridized carbons (Fsp3) is 0.500. The van der Waals surface area contributed by atoms with Crippen LogP contribution < -0.4 is 5.32 Å². The van der Waals surface area contributed by atoms with Gasteiger partial charge in [-0.25, -0.2) is 0 Å². The molecular formula is C10H13BrN2. The molecule has 3 heteroatoms. The van der Waals surface area contributed by atoms with Gasteiger partial charge in [-0.1, -0.05) is 0 Å². The van der Waals surface area contributed by atoms with E-state index < -0.39 is 0 Å². The van der Waals surface area contributed by atoms with Gasteiger partial charge in [0.2, 0.25) is 0 Å². The Morgan fingerprint density at radius 3 is 3.23 bits per heavy atom. The molecule has 13 heavy (non-hydrogen) atoms. The van der Waals surface area contributed by atoms with Crippen molar-refractivity contribution in [2.24, 2.45) is 5.92 Å². The molecule has 2 nitrogen and oxygen atoms in total. The van der Waals surface area contributed by atoms with Crippen molar-refractivity contribution in [2.45, 2.75) is 12.8 Å². The summed E-state index contributed by atoms with van der Waals surface area (Å²) in [5.74, 6) is 0.804. The highest BCUT2D eigenvalue weighted by atomic mass is 79.9. The largest absolute Gasteiger partial charge is 0.316 e. The van der Waals surface area contributed by atoms with Crippen LogP contribution in [0.4, 0.5) is 0 Å². The molecule has 1 aliphatic heterocycles. The summed E-state index contributed by atoms with van der Waals surface area (Å²) < 4.78 is 1.14. The van der Waals surface area contributed by atoms with Gasteiger partial charge in [0.15, 0.2) is 0 Å². The van der Waals surface area contributed by atoms with Crippen LogP contribution in [0.3, 0.4) is 0 Å². The van der Waals surface area contributed by atoms with Crippen LogP contribution in [-0.4, -0.2) is 18.1 Å². The lowest BCUT2D eigenvalue weighted by Gasteiger charge is -2.08. The van der Waals surface area contributed by atoms with Gasteiger partial charge in [-0.15, -0.1) is 0 Å². The molecule has 70 valence electrons. The second kappa shape index (κ2) is 4.20. The van der Waals surface area contributed by atoms with Crippen LogP contribution in [0.1, 0.15) is 12.0 Å². The summed E-state index contributed by atoms with van der Waals surface area (Å²) in [6.45, 7) is 2.34. The number of hydrogen-bond acceptors (Lipinski definition) is 2. The highest BCUT2D eigenvalue weighted by molar-refractivity contribution is 9.10. The van der Waals surface area contributed by atoms with Crippen molar-refractivity contribution >= 4 is 15.9 Å². The first-order valence-corrected chi connectivity index (χ1v) is 5.44. The van der Waals surface area contributed by atoms with Crippen molar-refractivity contribution in [1.29, 1.82) is 0 Å². The summed E-state index contributed by atoms with van der Waals surface area (Å²) in [7, 11) is 0. The summed E-state index contributed by atoms with van der Waals surface area (Å²) in [5.41, 5.74) is 1.38. The molecule has 1 saturated heterocycles. The van der Waals surface area contributed by atoms with Gasteiger partial charge in [0, 0.05) is 16.9 Å². The summed E-state index contributed by atoms with van der Waals surface area (Å²) >= 11 is 3.52. The molecule has 2 rings (SSSR count). The van der Waals surface area contributed by atoms with Gasteiger partial charge in [-0.05, 0) is 59.4 Å². The lowest BCUT2D eigenvalue weighted by atomic mass is 10.00. The van der Waals surface area contributed by atoms with Gasteiger partial charge in [0.1, 0.15) is 0 Å². The molecule has 1 aromatic rings. The zero-order valence-electron chi connectivity index (χ0n) is 7.46. The maximum Gasteiger partial charge on any atom is 0.0412 e. The van der Waals surface area contributed by atoms with Crippen molar-refractivity contribution in [1.82, 2.24) is 10.3 Å². The smallest absolute Gasteiger partial charge is 0.0412 e. The topological polar surface area (TPSA) is 24.9 Å². The SMILES string of the molecule is Brc1cnccc1CC1CCNC1. The first-order chi connectivity index (χ1) is 6.36. The first kappa shape index (κ1) is 9.16. The van der Waals surface area contributed by atoms with Crippen LogP contribution in [0, 0.1) is 5.92 Å². The van der Waals surface area contributed by atoms with E-state index in [4.69, 9.17) is 0 Å². The Morgan fingerprint density at radius 1 is 1.62 bits per heavy atom. The van der Waals surface area contributed by atoms with Gasteiger partial charge in [-0.3, -0.25) is 4.98 Å². The van der Waals surface area contributed by atoms with E-state index in [1.807, 2.05) is 12.4 Å². The van der Waals surface area contributed by atoms with Crippen LogP contribution in [-0.2, 0) is 6.42 Å². The first-order valence-electron chi connectivity index (χ1n) is 4.65. The number of pyridine rings is 1. The van der Waals surface area contributed by atoms with Crippen LogP contribution in [0.15, 0.2) is 22.9 Å². The Balaban J connectivity index is 2.04. The molecule has 1 aromatic heterocycles. The minimum absolute atomic E-state index is 0.804. The quantitative estimate of drug-likeness (QED) is 0.856. The van der Waals surface area contributed by atoms with Gasteiger partial charge in [0.25, 0.3) is 0 Å². The van der Waals surface area contributed by atoms with E-state index >= 15 is 0 Å². The van der Waals surface area contributed by atoms with E-state index in [2.05, 4.69) is 32.3 Å². The Kier molecular flexibility index (Phi) is 2.96. The molecule has 2 heterocycles. The average molecular weight is 241 g/mol. The molecular weight excluding hydrogens is 228 g/mol. The van der Waals surface area contributed by atoms with Crippen LogP contribution in [0.2, 0.25) is 0 Å². The van der Waals surface area contributed by atoms with E-state index in [-0.39, 0.29) is 0 Å². The second-order valence-corrected chi connectivity index (χ2v) is 4.38. The normalized spacial score (nSPS) is 22.1. The van der Waals surface area contributed by atoms with Gasteiger partial charge < -0.3 is 5.32 Å². The summed E-state index contributed by atoms with van der Waals surface area (Å²) in [5, 5.41) is 3.38. The molecule has 0 saturated carbocycles. The molecule has 0 bridgehead atoms. The Bertz CT molecular complexity index is 282. The molecule has 1 aliphatic rings. The molecule has 1 fully saturated rings. The van der Waals surface area contributed by atoms with Gasteiger partial charge >= 0.3 is 0 Å². The number of nitrogens with one attached hydrogen (secondary N) is 1. The molecule has 0 radical (unpaired) electrons. The zero-order valence-corrected chi connectivity index (χ0v) is 9.05. The minimum Gasteiger partial charge on any atom is -0.316 e. The third-order valence-corrected chi connectivity index (χ3v) is 3.24. The lowest BCUT2D eigenvalue weighted by Crippen LogP contribution is -2.10. The fourth-order valence-electron chi connectivity index (χ4n) is 1.77. The molecule has 1 atom stereocenters. The maximum absolute atomic E-state index is 4.06. The third-order valence-electron chi connectivity index (χ3n) is 2.53. The Labute approximate surface area is 86.9 Å². The maximum atomic E-state index is 4.06. The molecule has 1 N–H and O–H groups in total. The van der Waals surface area contributed by atoms with Gasteiger partial charge in [-0.2, -0.15) is 0 Å². The van der Waals surface area contributed by atoms with E-state index in [9.17, 15) is 0 Å². The summed E-state index contributed by atoms with van der Waals surface area (Å²) in [4.78, 5) is 4.06. The number of halogens is 1. The fourth-order valence-corrected chi connectivity index (χ4v) is 2.18. The molecule has 0 spiro atoms. The predicted molar refractivity (Wildman–Crippen MR) is 56.6 cm³/mol.